The molecular formula is C17H26N2O. The van der Waals surface area contributed by atoms with E-state index < -0.39 is 0 Å². The number of rotatable bonds is 4. The zero-order valence-corrected chi connectivity index (χ0v) is 12.4. The third-order valence-corrected chi connectivity index (χ3v) is 4.83. The number of hydrogen-bond acceptors (Lipinski definition) is 3. The maximum Gasteiger partial charge on any atom is 0.0682 e. The van der Waals surface area contributed by atoms with Crippen LogP contribution in [0, 0.1) is 0 Å². The van der Waals surface area contributed by atoms with Crippen molar-refractivity contribution in [2.45, 2.75) is 44.4 Å². The number of benzene rings is 1. The second kappa shape index (κ2) is 6.25. The lowest BCUT2D eigenvalue weighted by atomic mass is 10.1. The maximum absolute atomic E-state index is 9.80. The van der Waals surface area contributed by atoms with Crippen LogP contribution in [0.1, 0.15) is 25.3 Å². The predicted octanol–water partition coefficient (Wildman–Crippen LogP) is 1.76. The third kappa shape index (κ3) is 3.22. The SMILES string of the molecule is C[C@H]1CN2C[C@H](O)C[C@@H]2CN1CCCc1ccccc1. The number of aliphatic hydroxyl groups excluding tert-OH is 1. The summed E-state index contributed by atoms with van der Waals surface area (Å²) in [4.78, 5) is 5.09. The Balaban J connectivity index is 1.48. The van der Waals surface area contributed by atoms with E-state index in [1.807, 2.05) is 0 Å². The number of aliphatic hydroxyl groups is 1. The van der Waals surface area contributed by atoms with Crippen LogP contribution < -0.4 is 0 Å². The van der Waals surface area contributed by atoms with E-state index in [2.05, 4.69) is 47.1 Å². The van der Waals surface area contributed by atoms with Gasteiger partial charge in [-0.15, -0.1) is 0 Å². The van der Waals surface area contributed by atoms with E-state index in [-0.39, 0.29) is 6.10 Å². The van der Waals surface area contributed by atoms with E-state index in [1.54, 1.807) is 0 Å². The first kappa shape index (κ1) is 14.1. The minimum absolute atomic E-state index is 0.100. The second-order valence-corrected chi connectivity index (χ2v) is 6.43. The molecule has 110 valence electrons. The van der Waals surface area contributed by atoms with Gasteiger partial charge in [0.15, 0.2) is 0 Å². The second-order valence-electron chi connectivity index (χ2n) is 6.43. The molecule has 2 fully saturated rings. The van der Waals surface area contributed by atoms with E-state index in [0.717, 1.165) is 26.1 Å². The topological polar surface area (TPSA) is 26.7 Å². The highest BCUT2D eigenvalue weighted by Gasteiger charge is 2.37. The van der Waals surface area contributed by atoms with Crippen LogP contribution in [0.3, 0.4) is 0 Å². The summed E-state index contributed by atoms with van der Waals surface area (Å²) in [5.74, 6) is 0. The van der Waals surface area contributed by atoms with Gasteiger partial charge >= 0.3 is 0 Å². The summed E-state index contributed by atoms with van der Waals surface area (Å²) in [5, 5.41) is 9.80. The highest BCUT2D eigenvalue weighted by molar-refractivity contribution is 5.14. The molecule has 0 amide bonds. The van der Waals surface area contributed by atoms with Crippen LogP contribution in [0.2, 0.25) is 0 Å². The van der Waals surface area contributed by atoms with Crippen LogP contribution >= 0.6 is 0 Å². The Labute approximate surface area is 122 Å². The van der Waals surface area contributed by atoms with Crippen LogP contribution in [-0.4, -0.2) is 59.3 Å². The number of hydrogen-bond donors (Lipinski definition) is 1. The Hall–Kier alpha value is -0.900. The smallest absolute Gasteiger partial charge is 0.0682 e. The monoisotopic (exact) mass is 274 g/mol. The quantitative estimate of drug-likeness (QED) is 0.906. The highest BCUT2D eigenvalue weighted by Crippen LogP contribution is 2.25. The van der Waals surface area contributed by atoms with Crippen molar-refractivity contribution in [2.24, 2.45) is 0 Å². The lowest BCUT2D eigenvalue weighted by Gasteiger charge is -2.42. The molecule has 1 aromatic carbocycles. The molecule has 0 bridgehead atoms. The summed E-state index contributed by atoms with van der Waals surface area (Å²) >= 11 is 0. The fraction of sp³-hybridized carbons (Fsp3) is 0.647. The van der Waals surface area contributed by atoms with Gasteiger partial charge in [0.25, 0.3) is 0 Å². The highest BCUT2D eigenvalue weighted by atomic mass is 16.3. The first-order valence-electron chi connectivity index (χ1n) is 7.92. The van der Waals surface area contributed by atoms with Gasteiger partial charge in [-0.2, -0.15) is 0 Å². The molecule has 3 rings (SSSR count). The van der Waals surface area contributed by atoms with Gasteiger partial charge in [0.2, 0.25) is 0 Å². The van der Waals surface area contributed by atoms with Crippen molar-refractivity contribution in [3.63, 3.8) is 0 Å². The van der Waals surface area contributed by atoms with Crippen LogP contribution in [0.4, 0.5) is 0 Å². The first-order valence-corrected chi connectivity index (χ1v) is 7.92. The molecular weight excluding hydrogens is 248 g/mol. The standard InChI is InChI=1S/C17H26N2O/c1-14-11-19-13-17(20)10-16(19)12-18(14)9-5-8-15-6-3-2-4-7-15/h2-4,6-7,14,16-17,20H,5,8-13H2,1H3/t14-,16+,17+/m0/s1. The van der Waals surface area contributed by atoms with Gasteiger partial charge < -0.3 is 5.11 Å². The molecule has 0 spiro atoms. The molecule has 0 unspecified atom stereocenters. The molecule has 1 N–H and O–H groups in total. The Kier molecular flexibility index (Phi) is 4.39. The zero-order chi connectivity index (χ0) is 13.9. The molecule has 2 aliphatic rings. The Bertz CT molecular complexity index is 422. The van der Waals surface area contributed by atoms with Crippen LogP contribution in [0.25, 0.3) is 0 Å². The van der Waals surface area contributed by atoms with Crippen molar-refractivity contribution in [1.29, 1.82) is 0 Å². The summed E-state index contributed by atoms with van der Waals surface area (Å²) in [6.45, 7) is 6.63. The zero-order valence-electron chi connectivity index (χ0n) is 12.4. The van der Waals surface area contributed by atoms with E-state index in [0.29, 0.717) is 12.1 Å². The Morgan fingerprint density at radius 3 is 2.75 bits per heavy atom. The van der Waals surface area contributed by atoms with Gasteiger partial charge in [0, 0.05) is 31.7 Å². The van der Waals surface area contributed by atoms with Crippen LogP contribution in [0.5, 0.6) is 0 Å². The predicted molar refractivity (Wildman–Crippen MR) is 81.8 cm³/mol. The number of nitrogens with zero attached hydrogens (tertiary/aromatic N) is 2. The maximum atomic E-state index is 9.80. The van der Waals surface area contributed by atoms with Crippen molar-refractivity contribution < 1.29 is 5.11 Å². The van der Waals surface area contributed by atoms with Crippen LogP contribution in [0.15, 0.2) is 30.3 Å². The summed E-state index contributed by atoms with van der Waals surface area (Å²) in [6.07, 6.45) is 3.25. The summed E-state index contributed by atoms with van der Waals surface area (Å²) in [5.41, 5.74) is 1.44. The van der Waals surface area contributed by atoms with E-state index in [9.17, 15) is 5.11 Å². The average Bonchev–Trinajstić information content (AvgIpc) is 2.79. The summed E-state index contributed by atoms with van der Waals surface area (Å²) < 4.78 is 0. The van der Waals surface area contributed by atoms with E-state index in [4.69, 9.17) is 0 Å². The average molecular weight is 274 g/mol. The van der Waals surface area contributed by atoms with Gasteiger partial charge in [-0.05, 0) is 38.3 Å². The molecule has 3 nitrogen and oxygen atoms in total. The minimum atomic E-state index is -0.100. The van der Waals surface area contributed by atoms with E-state index in [1.165, 1.54) is 24.9 Å². The van der Waals surface area contributed by atoms with Crippen molar-refractivity contribution in [3.05, 3.63) is 35.9 Å². The van der Waals surface area contributed by atoms with Crippen molar-refractivity contribution in [2.75, 3.05) is 26.2 Å². The molecule has 20 heavy (non-hydrogen) atoms. The molecule has 0 radical (unpaired) electrons. The van der Waals surface area contributed by atoms with Crippen molar-refractivity contribution in [3.8, 4) is 0 Å². The van der Waals surface area contributed by atoms with E-state index >= 15 is 0 Å². The first-order chi connectivity index (χ1) is 9.72. The minimum Gasteiger partial charge on any atom is -0.392 e. The van der Waals surface area contributed by atoms with Gasteiger partial charge in [-0.25, -0.2) is 0 Å². The number of aryl methyl sites for hydroxylation is 1. The molecule has 3 heteroatoms. The summed E-state index contributed by atoms with van der Waals surface area (Å²) in [6, 6.07) is 12.0. The van der Waals surface area contributed by atoms with Gasteiger partial charge in [0.1, 0.15) is 0 Å². The fourth-order valence-electron chi connectivity index (χ4n) is 3.72. The molecule has 2 aliphatic heterocycles. The van der Waals surface area contributed by atoms with Crippen LogP contribution in [-0.2, 0) is 6.42 Å². The molecule has 0 aliphatic carbocycles. The molecule has 0 aromatic heterocycles. The summed E-state index contributed by atoms with van der Waals surface area (Å²) in [7, 11) is 0. The number of fused-ring (bicyclic) bond motifs is 1. The van der Waals surface area contributed by atoms with Crippen molar-refractivity contribution in [1.82, 2.24) is 9.80 Å². The van der Waals surface area contributed by atoms with Gasteiger partial charge in [-0.1, -0.05) is 30.3 Å². The van der Waals surface area contributed by atoms with Crippen molar-refractivity contribution >= 4 is 0 Å². The normalized spacial score (nSPS) is 31.4. The Morgan fingerprint density at radius 1 is 1.15 bits per heavy atom. The molecule has 3 atom stereocenters. The lowest BCUT2D eigenvalue weighted by molar-refractivity contribution is 0.0576. The molecule has 2 saturated heterocycles. The third-order valence-electron chi connectivity index (χ3n) is 4.83. The Morgan fingerprint density at radius 2 is 1.95 bits per heavy atom. The van der Waals surface area contributed by atoms with Gasteiger partial charge in [0.05, 0.1) is 6.10 Å². The lowest BCUT2D eigenvalue weighted by Crippen LogP contribution is -2.55. The number of piperazine rings is 1. The molecule has 1 aromatic rings. The van der Waals surface area contributed by atoms with Gasteiger partial charge in [-0.3, -0.25) is 9.80 Å². The largest absolute Gasteiger partial charge is 0.392 e. The molecule has 2 heterocycles. The fourth-order valence-corrected chi connectivity index (χ4v) is 3.72. The molecule has 0 saturated carbocycles.